The van der Waals surface area contributed by atoms with Crippen LogP contribution in [0.4, 0.5) is 5.69 Å². The molecule has 0 N–H and O–H groups in total. The van der Waals surface area contributed by atoms with Crippen LogP contribution in [0.25, 0.3) is 0 Å². The predicted molar refractivity (Wildman–Crippen MR) is 107 cm³/mol. The summed E-state index contributed by atoms with van der Waals surface area (Å²) >= 11 is 0. The average molecular weight is 379 g/mol. The van der Waals surface area contributed by atoms with Crippen molar-refractivity contribution in [3.05, 3.63) is 75.3 Å². The lowest BCUT2D eigenvalue weighted by molar-refractivity contribution is -0.384. The van der Waals surface area contributed by atoms with E-state index in [1.54, 1.807) is 12.1 Å². The van der Waals surface area contributed by atoms with Crippen molar-refractivity contribution < 1.29 is 9.72 Å². The van der Waals surface area contributed by atoms with Crippen molar-refractivity contribution in [2.24, 2.45) is 0 Å². The van der Waals surface area contributed by atoms with Gasteiger partial charge < -0.3 is 4.90 Å². The molecule has 0 bridgehead atoms. The van der Waals surface area contributed by atoms with Crippen molar-refractivity contribution in [2.75, 3.05) is 20.1 Å². The molecule has 0 saturated carbocycles. The van der Waals surface area contributed by atoms with E-state index in [0.29, 0.717) is 11.6 Å². The summed E-state index contributed by atoms with van der Waals surface area (Å²) in [5, 5.41) is 11.0. The second-order valence-corrected chi connectivity index (χ2v) is 7.77. The standard InChI is InChI=1S/C22H25N3O3/c1-23(21(26)14-16-7-6-9-18(13-16)25(27)28)22-19-10-3-2-8-17(19)15-20(22)24-11-4-5-12-24/h2-3,6-10,13,20,22H,4-5,11-12,14-15H2,1H3/t20-,22-/m1/s1. The Labute approximate surface area is 164 Å². The van der Waals surface area contributed by atoms with Crippen LogP contribution in [0.1, 0.15) is 35.6 Å². The molecule has 4 rings (SSSR count). The van der Waals surface area contributed by atoms with Crippen molar-refractivity contribution in [1.82, 2.24) is 9.80 Å². The van der Waals surface area contributed by atoms with Crippen molar-refractivity contribution >= 4 is 11.6 Å². The van der Waals surface area contributed by atoms with Gasteiger partial charge in [-0.25, -0.2) is 0 Å². The summed E-state index contributed by atoms with van der Waals surface area (Å²) in [5.41, 5.74) is 3.25. The molecule has 1 aliphatic carbocycles. The molecule has 0 unspecified atom stereocenters. The summed E-state index contributed by atoms with van der Waals surface area (Å²) in [6.07, 6.45) is 3.56. The van der Waals surface area contributed by atoms with E-state index in [1.807, 2.05) is 18.0 Å². The van der Waals surface area contributed by atoms with Gasteiger partial charge in [0.2, 0.25) is 5.91 Å². The SMILES string of the molecule is CN(C(=O)Cc1cccc([N+](=O)[O-])c1)[C@@H]1c2ccccc2C[C@H]1N1CCCC1. The van der Waals surface area contributed by atoms with Gasteiger partial charge in [-0.05, 0) is 49.0 Å². The first-order valence-corrected chi connectivity index (χ1v) is 9.85. The lowest BCUT2D eigenvalue weighted by atomic mass is 10.0. The number of fused-ring (bicyclic) bond motifs is 1. The Morgan fingerprint density at radius 3 is 2.68 bits per heavy atom. The summed E-state index contributed by atoms with van der Waals surface area (Å²) in [6.45, 7) is 2.17. The maximum absolute atomic E-state index is 13.1. The summed E-state index contributed by atoms with van der Waals surface area (Å²) in [5.74, 6) is -0.00796. The van der Waals surface area contributed by atoms with Gasteiger partial charge in [-0.3, -0.25) is 19.8 Å². The van der Waals surface area contributed by atoms with Gasteiger partial charge in [0.15, 0.2) is 0 Å². The molecule has 6 nitrogen and oxygen atoms in total. The molecule has 6 heteroatoms. The number of carbonyl (C=O) groups excluding carboxylic acids is 1. The third-order valence-electron chi connectivity index (χ3n) is 6.06. The van der Waals surface area contributed by atoms with Crippen LogP contribution in [0.3, 0.4) is 0 Å². The lowest BCUT2D eigenvalue weighted by Gasteiger charge is -2.35. The zero-order valence-electron chi connectivity index (χ0n) is 16.1. The van der Waals surface area contributed by atoms with Gasteiger partial charge in [-0.2, -0.15) is 0 Å². The number of nitro groups is 1. The molecular weight excluding hydrogens is 354 g/mol. The number of nitro benzene ring substituents is 1. The van der Waals surface area contributed by atoms with E-state index < -0.39 is 4.92 Å². The van der Waals surface area contributed by atoms with E-state index in [1.165, 1.54) is 36.1 Å². The molecule has 2 aromatic carbocycles. The smallest absolute Gasteiger partial charge is 0.269 e. The third kappa shape index (κ3) is 3.52. The molecule has 146 valence electrons. The number of carbonyl (C=O) groups is 1. The second kappa shape index (κ2) is 7.72. The number of likely N-dealkylation sites (tertiary alicyclic amines) is 1. The number of nitrogens with zero attached hydrogens (tertiary/aromatic N) is 3. The van der Waals surface area contributed by atoms with Gasteiger partial charge in [0, 0.05) is 25.2 Å². The van der Waals surface area contributed by atoms with Crippen molar-refractivity contribution in [2.45, 2.75) is 37.8 Å². The third-order valence-corrected chi connectivity index (χ3v) is 6.06. The molecule has 0 aromatic heterocycles. The fourth-order valence-electron chi connectivity index (χ4n) is 4.66. The molecular formula is C22H25N3O3. The zero-order chi connectivity index (χ0) is 19.7. The Hall–Kier alpha value is -2.73. The van der Waals surface area contributed by atoms with Gasteiger partial charge in [0.05, 0.1) is 17.4 Å². The minimum absolute atomic E-state index is 0.00796. The molecule has 28 heavy (non-hydrogen) atoms. The number of amides is 1. The van der Waals surface area contributed by atoms with Gasteiger partial charge >= 0.3 is 0 Å². The number of benzene rings is 2. The molecule has 1 fully saturated rings. The van der Waals surface area contributed by atoms with E-state index in [-0.39, 0.29) is 24.1 Å². The Morgan fingerprint density at radius 2 is 1.93 bits per heavy atom. The Kier molecular flexibility index (Phi) is 5.13. The van der Waals surface area contributed by atoms with E-state index in [2.05, 4.69) is 23.1 Å². The minimum atomic E-state index is -0.422. The maximum Gasteiger partial charge on any atom is 0.269 e. The normalized spacial score (nSPS) is 21.5. The number of hydrogen-bond donors (Lipinski definition) is 0. The quantitative estimate of drug-likeness (QED) is 0.590. The maximum atomic E-state index is 13.1. The Bertz CT molecular complexity index is 892. The largest absolute Gasteiger partial charge is 0.337 e. The van der Waals surface area contributed by atoms with Gasteiger partial charge in [0.25, 0.3) is 5.69 Å². The van der Waals surface area contributed by atoms with Crippen LogP contribution < -0.4 is 0 Å². The molecule has 0 radical (unpaired) electrons. The van der Waals surface area contributed by atoms with Crippen LogP contribution in [0, 0.1) is 10.1 Å². The van der Waals surface area contributed by atoms with Crippen LogP contribution in [0.15, 0.2) is 48.5 Å². The fourth-order valence-corrected chi connectivity index (χ4v) is 4.66. The predicted octanol–water partition coefficient (Wildman–Crippen LogP) is 3.36. The summed E-state index contributed by atoms with van der Waals surface area (Å²) in [7, 11) is 1.87. The number of rotatable bonds is 5. The Morgan fingerprint density at radius 1 is 1.18 bits per heavy atom. The van der Waals surface area contributed by atoms with Crippen molar-refractivity contribution in [3.8, 4) is 0 Å². The van der Waals surface area contributed by atoms with Crippen LogP contribution in [0.5, 0.6) is 0 Å². The molecule has 1 amide bonds. The molecule has 1 heterocycles. The van der Waals surface area contributed by atoms with Gasteiger partial charge in [0.1, 0.15) is 0 Å². The zero-order valence-corrected chi connectivity index (χ0v) is 16.1. The van der Waals surface area contributed by atoms with E-state index >= 15 is 0 Å². The first-order valence-electron chi connectivity index (χ1n) is 9.85. The number of non-ortho nitro benzene ring substituents is 1. The minimum Gasteiger partial charge on any atom is -0.337 e. The Balaban J connectivity index is 1.57. The van der Waals surface area contributed by atoms with E-state index in [4.69, 9.17) is 0 Å². The highest BCUT2D eigenvalue weighted by molar-refractivity contribution is 5.79. The summed E-state index contributed by atoms with van der Waals surface area (Å²) in [4.78, 5) is 28.1. The lowest BCUT2D eigenvalue weighted by Crippen LogP contribution is -2.44. The highest BCUT2D eigenvalue weighted by atomic mass is 16.6. The topological polar surface area (TPSA) is 66.7 Å². The van der Waals surface area contributed by atoms with Crippen molar-refractivity contribution in [3.63, 3.8) is 0 Å². The van der Waals surface area contributed by atoms with Crippen LogP contribution in [-0.2, 0) is 17.6 Å². The molecule has 0 spiro atoms. The van der Waals surface area contributed by atoms with Gasteiger partial charge in [-0.15, -0.1) is 0 Å². The van der Waals surface area contributed by atoms with E-state index in [9.17, 15) is 14.9 Å². The second-order valence-electron chi connectivity index (χ2n) is 7.77. The van der Waals surface area contributed by atoms with Crippen LogP contribution in [-0.4, -0.2) is 46.8 Å². The highest BCUT2D eigenvalue weighted by Crippen LogP contribution is 2.39. The summed E-state index contributed by atoms with van der Waals surface area (Å²) in [6, 6.07) is 15.1. The van der Waals surface area contributed by atoms with Gasteiger partial charge in [-0.1, -0.05) is 36.4 Å². The monoisotopic (exact) mass is 379 g/mol. The molecule has 1 saturated heterocycles. The first-order chi connectivity index (χ1) is 13.5. The molecule has 1 aliphatic heterocycles. The molecule has 2 aliphatic rings. The van der Waals surface area contributed by atoms with E-state index in [0.717, 1.165) is 19.5 Å². The fraction of sp³-hybridized carbons (Fsp3) is 0.409. The average Bonchev–Trinajstić information content (AvgIpc) is 3.35. The van der Waals surface area contributed by atoms with Crippen LogP contribution in [0.2, 0.25) is 0 Å². The molecule has 2 aromatic rings. The summed E-state index contributed by atoms with van der Waals surface area (Å²) < 4.78 is 0. The molecule has 2 atom stereocenters. The van der Waals surface area contributed by atoms with Crippen molar-refractivity contribution in [1.29, 1.82) is 0 Å². The van der Waals surface area contributed by atoms with Crippen LogP contribution >= 0.6 is 0 Å². The first kappa shape index (κ1) is 18.6. The number of likely N-dealkylation sites (N-methyl/N-ethyl adjacent to an activating group) is 1. The number of hydrogen-bond acceptors (Lipinski definition) is 4. The highest BCUT2D eigenvalue weighted by Gasteiger charge is 2.40.